The van der Waals surface area contributed by atoms with Gasteiger partial charge in [0.25, 0.3) is 0 Å². The molecule has 0 spiro atoms. The summed E-state index contributed by atoms with van der Waals surface area (Å²) in [4.78, 5) is 12.1. The monoisotopic (exact) mass is 292 g/mol. The Kier molecular flexibility index (Phi) is 5.78. The summed E-state index contributed by atoms with van der Waals surface area (Å²) in [5, 5.41) is 2.96. The Hall–Kier alpha value is -1.55. The van der Waals surface area contributed by atoms with Gasteiger partial charge in [-0.15, -0.1) is 0 Å². The molecule has 118 valence electrons. The van der Waals surface area contributed by atoms with Gasteiger partial charge in [-0.1, -0.05) is 32.9 Å². The fourth-order valence-electron chi connectivity index (χ4n) is 1.89. The molecule has 0 aliphatic rings. The van der Waals surface area contributed by atoms with Gasteiger partial charge in [0.2, 0.25) is 5.91 Å². The van der Waals surface area contributed by atoms with Gasteiger partial charge in [0.05, 0.1) is 18.2 Å². The molecule has 1 aromatic rings. The Balaban J connectivity index is 2.67. The molecule has 2 atom stereocenters. The first-order chi connectivity index (χ1) is 9.61. The van der Waals surface area contributed by atoms with Gasteiger partial charge in [-0.25, -0.2) is 0 Å². The molecule has 21 heavy (non-hydrogen) atoms. The normalized spacial score (nSPS) is 14.7. The molecule has 1 aromatic carbocycles. The number of carbonyl (C=O) groups excluding carboxylic acids is 1. The summed E-state index contributed by atoms with van der Waals surface area (Å²) < 4.78 is 5.61. The Labute approximate surface area is 128 Å². The van der Waals surface area contributed by atoms with E-state index in [-0.39, 0.29) is 23.5 Å². The Bertz CT molecular complexity index is 461. The lowest BCUT2D eigenvalue weighted by Gasteiger charge is -2.27. The number of nitrogens with one attached hydrogen (secondary N) is 1. The molecule has 1 rings (SSSR count). The predicted molar refractivity (Wildman–Crippen MR) is 86.2 cm³/mol. The zero-order valence-corrected chi connectivity index (χ0v) is 13.9. The number of amides is 1. The molecule has 0 aliphatic carbocycles. The highest BCUT2D eigenvalue weighted by Crippen LogP contribution is 2.21. The van der Waals surface area contributed by atoms with Crippen LogP contribution in [0.3, 0.4) is 0 Å². The van der Waals surface area contributed by atoms with Crippen molar-refractivity contribution in [3.63, 3.8) is 0 Å². The number of carbonyl (C=O) groups is 1. The summed E-state index contributed by atoms with van der Waals surface area (Å²) in [5.41, 5.74) is 6.74. The van der Waals surface area contributed by atoms with Crippen LogP contribution in [0.25, 0.3) is 0 Å². The Morgan fingerprint density at radius 3 is 2.10 bits per heavy atom. The summed E-state index contributed by atoms with van der Waals surface area (Å²) in [6, 6.07) is 7.15. The van der Waals surface area contributed by atoms with Crippen molar-refractivity contribution in [3.8, 4) is 5.75 Å². The van der Waals surface area contributed by atoms with E-state index < -0.39 is 6.04 Å². The van der Waals surface area contributed by atoms with Gasteiger partial charge in [-0.2, -0.15) is 0 Å². The molecule has 1 unspecified atom stereocenters. The first kappa shape index (κ1) is 17.5. The van der Waals surface area contributed by atoms with Crippen LogP contribution in [0.15, 0.2) is 24.3 Å². The number of hydrogen-bond donors (Lipinski definition) is 2. The van der Waals surface area contributed by atoms with Crippen molar-refractivity contribution in [2.24, 2.45) is 11.1 Å². The maximum absolute atomic E-state index is 12.1. The topological polar surface area (TPSA) is 64.3 Å². The fourth-order valence-corrected chi connectivity index (χ4v) is 1.89. The van der Waals surface area contributed by atoms with E-state index in [1.807, 2.05) is 65.8 Å². The minimum atomic E-state index is -0.525. The average Bonchev–Trinajstić information content (AvgIpc) is 2.36. The molecule has 1 amide bonds. The minimum absolute atomic E-state index is 0.0843. The fraction of sp³-hybridized carbons (Fsp3) is 0.588. The third-order valence-electron chi connectivity index (χ3n) is 3.33. The summed E-state index contributed by atoms with van der Waals surface area (Å²) in [6.45, 7) is 11.8. The van der Waals surface area contributed by atoms with Crippen LogP contribution >= 0.6 is 0 Å². The van der Waals surface area contributed by atoms with Gasteiger partial charge in [-0.3, -0.25) is 4.79 Å². The second-order valence-electron chi connectivity index (χ2n) is 6.81. The highest BCUT2D eigenvalue weighted by Gasteiger charge is 2.28. The second kappa shape index (κ2) is 6.94. The van der Waals surface area contributed by atoms with Crippen molar-refractivity contribution in [1.82, 2.24) is 5.32 Å². The molecular weight excluding hydrogens is 264 g/mol. The molecule has 0 fully saturated rings. The lowest BCUT2D eigenvalue weighted by Crippen LogP contribution is -2.49. The first-order valence-corrected chi connectivity index (χ1v) is 7.44. The highest BCUT2D eigenvalue weighted by atomic mass is 16.5. The molecule has 0 saturated carbocycles. The van der Waals surface area contributed by atoms with E-state index in [0.717, 1.165) is 11.3 Å². The average molecular weight is 292 g/mol. The van der Waals surface area contributed by atoms with Crippen molar-refractivity contribution < 1.29 is 9.53 Å². The molecule has 4 nitrogen and oxygen atoms in total. The van der Waals surface area contributed by atoms with Crippen molar-refractivity contribution in [3.05, 3.63) is 29.8 Å². The van der Waals surface area contributed by atoms with Crippen LogP contribution in [0.1, 0.15) is 53.1 Å². The van der Waals surface area contributed by atoms with Crippen LogP contribution in [-0.2, 0) is 4.79 Å². The van der Waals surface area contributed by atoms with Gasteiger partial charge in [0.15, 0.2) is 0 Å². The summed E-state index contributed by atoms with van der Waals surface area (Å²) in [5.74, 6) is 0.705. The van der Waals surface area contributed by atoms with Gasteiger partial charge < -0.3 is 15.8 Å². The third kappa shape index (κ3) is 5.38. The van der Waals surface area contributed by atoms with E-state index in [1.54, 1.807) is 0 Å². The standard InChI is InChI=1S/C17H28N2O2/c1-11(2)21-14-9-7-13(8-10-14)12(3)19-16(20)15(18)17(4,5)6/h7-12,15H,18H2,1-6H3,(H,19,20)/t12?,15-/m0/s1. The van der Waals surface area contributed by atoms with Crippen LogP contribution in [0.5, 0.6) is 5.75 Å². The lowest BCUT2D eigenvalue weighted by molar-refractivity contribution is -0.125. The summed E-state index contributed by atoms with van der Waals surface area (Å²) in [6.07, 6.45) is 0.151. The Morgan fingerprint density at radius 1 is 1.14 bits per heavy atom. The first-order valence-electron chi connectivity index (χ1n) is 7.44. The van der Waals surface area contributed by atoms with Gasteiger partial charge in [0, 0.05) is 0 Å². The molecule has 0 aliphatic heterocycles. The molecule has 4 heteroatoms. The molecule has 0 bridgehead atoms. The molecule has 0 saturated heterocycles. The van der Waals surface area contributed by atoms with Crippen LogP contribution in [0.2, 0.25) is 0 Å². The largest absolute Gasteiger partial charge is 0.491 e. The van der Waals surface area contributed by atoms with Crippen LogP contribution in [0.4, 0.5) is 0 Å². The predicted octanol–water partition coefficient (Wildman–Crippen LogP) is 3.02. The maximum Gasteiger partial charge on any atom is 0.237 e. The number of nitrogens with two attached hydrogens (primary N) is 1. The van der Waals surface area contributed by atoms with Crippen molar-refractivity contribution >= 4 is 5.91 Å². The summed E-state index contributed by atoms with van der Waals surface area (Å²) in [7, 11) is 0. The summed E-state index contributed by atoms with van der Waals surface area (Å²) >= 11 is 0. The molecule has 3 N–H and O–H groups in total. The lowest BCUT2D eigenvalue weighted by atomic mass is 9.86. The van der Waals surface area contributed by atoms with Crippen molar-refractivity contribution in [2.75, 3.05) is 0 Å². The minimum Gasteiger partial charge on any atom is -0.491 e. The van der Waals surface area contributed by atoms with E-state index in [0.29, 0.717) is 0 Å². The van der Waals surface area contributed by atoms with E-state index >= 15 is 0 Å². The quantitative estimate of drug-likeness (QED) is 0.876. The van der Waals surface area contributed by atoms with Crippen LogP contribution < -0.4 is 15.8 Å². The second-order valence-corrected chi connectivity index (χ2v) is 6.81. The van der Waals surface area contributed by atoms with Crippen LogP contribution in [0, 0.1) is 5.41 Å². The number of hydrogen-bond acceptors (Lipinski definition) is 3. The van der Waals surface area contributed by atoms with E-state index in [9.17, 15) is 4.79 Å². The maximum atomic E-state index is 12.1. The zero-order valence-electron chi connectivity index (χ0n) is 13.9. The number of ether oxygens (including phenoxy) is 1. The number of benzene rings is 1. The molecule has 0 aromatic heterocycles. The van der Waals surface area contributed by atoms with Gasteiger partial charge in [-0.05, 0) is 43.9 Å². The zero-order chi connectivity index (χ0) is 16.2. The van der Waals surface area contributed by atoms with Crippen molar-refractivity contribution in [1.29, 1.82) is 0 Å². The smallest absolute Gasteiger partial charge is 0.237 e. The highest BCUT2D eigenvalue weighted by molar-refractivity contribution is 5.82. The van der Waals surface area contributed by atoms with Crippen molar-refractivity contribution in [2.45, 2.75) is 59.7 Å². The molecule has 0 radical (unpaired) electrons. The molecular formula is C17H28N2O2. The van der Waals surface area contributed by atoms with Crippen LogP contribution in [-0.4, -0.2) is 18.1 Å². The van der Waals surface area contributed by atoms with Gasteiger partial charge >= 0.3 is 0 Å². The van der Waals surface area contributed by atoms with Gasteiger partial charge in [0.1, 0.15) is 5.75 Å². The van der Waals surface area contributed by atoms with E-state index in [2.05, 4.69) is 5.32 Å². The molecule has 0 heterocycles. The van der Waals surface area contributed by atoms with E-state index in [4.69, 9.17) is 10.5 Å². The third-order valence-corrected chi connectivity index (χ3v) is 3.33. The SMILES string of the molecule is CC(C)Oc1ccc(C(C)NC(=O)[C@H](N)C(C)(C)C)cc1. The van der Waals surface area contributed by atoms with E-state index in [1.165, 1.54) is 0 Å². The Morgan fingerprint density at radius 2 is 1.67 bits per heavy atom. The number of rotatable bonds is 5.